The van der Waals surface area contributed by atoms with Gasteiger partial charge in [-0.2, -0.15) is 0 Å². The second-order valence-corrected chi connectivity index (χ2v) is 10.8. The van der Waals surface area contributed by atoms with Gasteiger partial charge in [-0.15, -0.1) is 0 Å². The third kappa shape index (κ3) is 6.25. The van der Waals surface area contributed by atoms with E-state index in [9.17, 15) is 9.18 Å². The van der Waals surface area contributed by atoms with Crippen molar-refractivity contribution >= 4 is 5.91 Å². The highest BCUT2D eigenvalue weighted by Crippen LogP contribution is 2.44. The molecule has 2 aromatic rings. The number of benzene rings is 2. The molecule has 2 aliphatic heterocycles. The van der Waals surface area contributed by atoms with Crippen molar-refractivity contribution in [3.8, 4) is 0 Å². The van der Waals surface area contributed by atoms with Gasteiger partial charge in [0.2, 0.25) is 0 Å². The number of fused-ring (bicyclic) bond motifs is 1. The maximum absolute atomic E-state index is 14.4. The molecule has 1 unspecified atom stereocenters. The van der Waals surface area contributed by atoms with Crippen LogP contribution in [0.2, 0.25) is 0 Å². The first-order chi connectivity index (χ1) is 18.2. The van der Waals surface area contributed by atoms with Gasteiger partial charge in [-0.1, -0.05) is 48.0 Å². The molecule has 3 fully saturated rings. The number of aryl methyl sites for hydroxylation is 1. The highest BCUT2D eigenvalue weighted by atomic mass is 19.1. The first kappa shape index (κ1) is 27.2. The normalized spacial score (nSPS) is 29.1. The Kier molecular flexibility index (Phi) is 8.14. The Hall–Kier alpha value is -2.40. The van der Waals surface area contributed by atoms with E-state index in [0.29, 0.717) is 38.3 Å². The number of rotatable bonds is 8. The zero-order valence-corrected chi connectivity index (χ0v) is 22.3. The number of amides is 1. The maximum atomic E-state index is 14.4. The predicted octanol–water partition coefficient (Wildman–Crippen LogP) is 3.65. The fourth-order valence-corrected chi connectivity index (χ4v) is 5.46. The molecule has 1 saturated carbocycles. The van der Waals surface area contributed by atoms with Crippen molar-refractivity contribution < 1.29 is 32.9 Å². The number of ether oxygens (including phenoxy) is 5. The zero-order chi connectivity index (χ0) is 26.8. The van der Waals surface area contributed by atoms with Crippen LogP contribution in [0.5, 0.6) is 0 Å². The average Bonchev–Trinajstić information content (AvgIpc) is 3.21. The topological polar surface area (TPSA) is 78.5 Å². The van der Waals surface area contributed by atoms with Crippen LogP contribution >= 0.6 is 0 Å². The standard InChI is InChI=1S/C29H37FN2O6/c1-20-7-6-8-21(15-20)18-36-29(27(33)31-32-11-13-34-14-12-32)16-24(26-25(17-29)37-28(2,3)38-26)35-19-22-9-4-5-10-23(22)30/h4-10,15,24-26H,11-14,16-19H2,1-3H3,(H,31,33)/t24?,25-,26+,29-/m1/s1. The minimum Gasteiger partial charge on any atom is -0.379 e. The molecule has 0 bridgehead atoms. The van der Waals surface area contributed by atoms with Crippen LogP contribution in [0.25, 0.3) is 0 Å². The maximum Gasteiger partial charge on any atom is 0.266 e. The Bertz CT molecular complexity index is 1120. The molecule has 1 aliphatic carbocycles. The Morgan fingerprint density at radius 3 is 2.63 bits per heavy atom. The quantitative estimate of drug-likeness (QED) is 0.561. The summed E-state index contributed by atoms with van der Waals surface area (Å²) in [5.74, 6) is -1.43. The zero-order valence-electron chi connectivity index (χ0n) is 22.3. The molecule has 9 heteroatoms. The van der Waals surface area contributed by atoms with E-state index < -0.39 is 29.7 Å². The second kappa shape index (κ2) is 11.4. The fourth-order valence-electron chi connectivity index (χ4n) is 5.46. The van der Waals surface area contributed by atoms with Crippen LogP contribution in [0.1, 0.15) is 43.4 Å². The number of halogens is 1. The van der Waals surface area contributed by atoms with E-state index in [2.05, 4.69) is 5.43 Å². The van der Waals surface area contributed by atoms with Crippen LogP contribution < -0.4 is 5.43 Å². The number of morpholine rings is 1. The molecule has 1 amide bonds. The number of hydrogen-bond acceptors (Lipinski definition) is 7. The summed E-state index contributed by atoms with van der Waals surface area (Å²) in [7, 11) is 0. The first-order valence-corrected chi connectivity index (χ1v) is 13.3. The number of carbonyl (C=O) groups excluding carboxylic acids is 1. The van der Waals surface area contributed by atoms with Gasteiger partial charge in [0.1, 0.15) is 11.9 Å². The molecule has 2 heterocycles. The van der Waals surface area contributed by atoms with Crippen LogP contribution in [0.15, 0.2) is 48.5 Å². The number of hydrazine groups is 1. The van der Waals surface area contributed by atoms with Crippen LogP contribution in [-0.2, 0) is 41.7 Å². The fraction of sp³-hybridized carbons (Fsp3) is 0.552. The summed E-state index contributed by atoms with van der Waals surface area (Å²) in [6.45, 7) is 8.28. The van der Waals surface area contributed by atoms with Gasteiger partial charge in [-0.25, -0.2) is 9.40 Å². The van der Waals surface area contributed by atoms with E-state index in [1.807, 2.05) is 50.0 Å². The molecule has 1 N–H and O–H groups in total. The monoisotopic (exact) mass is 528 g/mol. The molecule has 8 nitrogen and oxygen atoms in total. The lowest BCUT2D eigenvalue weighted by Gasteiger charge is -2.44. The van der Waals surface area contributed by atoms with Crippen molar-refractivity contribution in [2.45, 2.75) is 76.5 Å². The number of nitrogens with one attached hydrogen (secondary N) is 1. The molecule has 2 aromatic carbocycles. The average molecular weight is 529 g/mol. The summed E-state index contributed by atoms with van der Waals surface area (Å²) >= 11 is 0. The smallest absolute Gasteiger partial charge is 0.266 e. The van der Waals surface area contributed by atoms with E-state index in [1.54, 1.807) is 18.2 Å². The minimum absolute atomic E-state index is 0.0450. The van der Waals surface area contributed by atoms with Crippen molar-refractivity contribution in [1.82, 2.24) is 10.4 Å². The van der Waals surface area contributed by atoms with E-state index in [1.165, 1.54) is 6.07 Å². The Labute approximate surface area is 223 Å². The van der Waals surface area contributed by atoms with Crippen molar-refractivity contribution in [3.63, 3.8) is 0 Å². The molecule has 38 heavy (non-hydrogen) atoms. The van der Waals surface area contributed by atoms with Gasteiger partial charge in [0, 0.05) is 31.5 Å². The van der Waals surface area contributed by atoms with Gasteiger partial charge < -0.3 is 23.7 Å². The lowest BCUT2D eigenvalue weighted by atomic mass is 9.78. The van der Waals surface area contributed by atoms with Crippen molar-refractivity contribution in [3.05, 3.63) is 71.0 Å². The molecule has 5 rings (SSSR count). The van der Waals surface area contributed by atoms with E-state index >= 15 is 0 Å². The first-order valence-electron chi connectivity index (χ1n) is 13.3. The molecule has 3 aliphatic rings. The number of hydrogen-bond donors (Lipinski definition) is 1. The third-order valence-electron chi connectivity index (χ3n) is 7.34. The molecular formula is C29H37FN2O6. The number of carbonyl (C=O) groups is 1. The van der Waals surface area contributed by atoms with Gasteiger partial charge >= 0.3 is 0 Å². The largest absolute Gasteiger partial charge is 0.379 e. The minimum atomic E-state index is -1.24. The molecular weight excluding hydrogens is 491 g/mol. The summed E-state index contributed by atoms with van der Waals surface area (Å²) in [5, 5.41) is 1.86. The van der Waals surface area contributed by atoms with Crippen molar-refractivity contribution in [2.75, 3.05) is 26.3 Å². The van der Waals surface area contributed by atoms with Gasteiger partial charge in [-0.05, 0) is 32.4 Å². The van der Waals surface area contributed by atoms with Crippen LogP contribution in [0.4, 0.5) is 4.39 Å². The van der Waals surface area contributed by atoms with Crippen LogP contribution in [-0.4, -0.2) is 66.9 Å². The van der Waals surface area contributed by atoms with Gasteiger partial charge in [0.05, 0.1) is 38.6 Å². The lowest BCUT2D eigenvalue weighted by molar-refractivity contribution is -0.187. The summed E-state index contributed by atoms with van der Waals surface area (Å²) < 4.78 is 45.1. The Morgan fingerprint density at radius 1 is 1.08 bits per heavy atom. The van der Waals surface area contributed by atoms with Crippen LogP contribution in [0.3, 0.4) is 0 Å². The lowest BCUT2D eigenvalue weighted by Crippen LogP contribution is -2.63. The van der Waals surface area contributed by atoms with Gasteiger partial charge in [0.25, 0.3) is 5.91 Å². The molecule has 2 saturated heterocycles. The molecule has 0 aromatic heterocycles. The van der Waals surface area contributed by atoms with Gasteiger partial charge in [0.15, 0.2) is 11.4 Å². The Morgan fingerprint density at radius 2 is 1.87 bits per heavy atom. The molecule has 206 valence electrons. The number of nitrogens with zero attached hydrogens (tertiary/aromatic N) is 1. The second-order valence-electron chi connectivity index (χ2n) is 10.8. The highest BCUT2D eigenvalue weighted by molar-refractivity contribution is 5.85. The van der Waals surface area contributed by atoms with Crippen LogP contribution in [0, 0.1) is 12.7 Å². The van der Waals surface area contributed by atoms with E-state index in [0.717, 1.165) is 11.1 Å². The summed E-state index contributed by atoms with van der Waals surface area (Å²) in [4.78, 5) is 14.0. The summed E-state index contributed by atoms with van der Waals surface area (Å²) in [5.41, 5.74) is 4.34. The van der Waals surface area contributed by atoms with Crippen molar-refractivity contribution in [2.24, 2.45) is 0 Å². The molecule has 4 atom stereocenters. The van der Waals surface area contributed by atoms with E-state index in [-0.39, 0.29) is 31.4 Å². The van der Waals surface area contributed by atoms with Gasteiger partial charge in [-0.3, -0.25) is 10.2 Å². The Balaban J connectivity index is 1.42. The molecule has 0 spiro atoms. The third-order valence-corrected chi connectivity index (χ3v) is 7.34. The summed E-state index contributed by atoms with van der Waals surface area (Å²) in [6, 6.07) is 14.5. The summed E-state index contributed by atoms with van der Waals surface area (Å²) in [6.07, 6.45) is -0.851. The van der Waals surface area contributed by atoms with Crippen molar-refractivity contribution in [1.29, 1.82) is 0 Å². The molecule has 0 radical (unpaired) electrons. The highest BCUT2D eigenvalue weighted by Gasteiger charge is 2.58. The SMILES string of the molecule is Cc1cccc(CO[C@]2(C(=O)NN3CCOCC3)CC(OCc3ccccc3F)[C@@H]3OC(C)(C)O[C@@H]3C2)c1. The van der Waals surface area contributed by atoms with E-state index in [4.69, 9.17) is 23.7 Å². The predicted molar refractivity (Wildman–Crippen MR) is 137 cm³/mol.